The Bertz CT molecular complexity index is 973. The summed E-state index contributed by atoms with van der Waals surface area (Å²) in [5.74, 6) is 0.598. The second kappa shape index (κ2) is 7.21. The van der Waals surface area contributed by atoms with E-state index in [-0.39, 0.29) is 11.9 Å². The molecule has 1 atom stereocenters. The molecule has 27 heavy (non-hydrogen) atoms. The van der Waals surface area contributed by atoms with E-state index in [9.17, 15) is 4.79 Å². The lowest BCUT2D eigenvalue weighted by atomic mass is 10.1. The van der Waals surface area contributed by atoms with Gasteiger partial charge in [0.2, 0.25) is 5.91 Å². The third-order valence-electron chi connectivity index (χ3n) is 5.42. The Morgan fingerprint density at radius 3 is 2.59 bits per heavy atom. The third-order valence-corrected chi connectivity index (χ3v) is 5.42. The summed E-state index contributed by atoms with van der Waals surface area (Å²) < 4.78 is 11.5. The number of piperazine rings is 1. The Labute approximate surface area is 158 Å². The topological polar surface area (TPSA) is 58.0 Å². The molecule has 0 saturated carbocycles. The number of hydrogen-bond donors (Lipinski definition) is 1. The first-order chi connectivity index (χ1) is 13.1. The molecule has 1 aromatic heterocycles. The predicted molar refractivity (Wildman–Crippen MR) is 107 cm³/mol. The van der Waals surface area contributed by atoms with E-state index in [1.165, 1.54) is 0 Å². The molecule has 0 aliphatic carbocycles. The van der Waals surface area contributed by atoms with Gasteiger partial charge in [-0.3, -0.25) is 9.69 Å². The standard InChI is InChI=1S/C21H25N3O3/c1-14(24-10-8-23(2)9-11-24)21(25)22-17-13-19-16(12-20(17)26-3)15-6-4-5-7-18(15)27-19/h4-7,12-14H,8-11H2,1-3H3,(H,22,25)/t14-/m0/s1. The quantitative estimate of drug-likeness (QED) is 0.768. The van der Waals surface area contributed by atoms with Crippen LogP contribution in [0.25, 0.3) is 21.9 Å². The lowest BCUT2D eigenvalue weighted by molar-refractivity contribution is -0.121. The van der Waals surface area contributed by atoms with Crippen LogP contribution in [0.4, 0.5) is 5.69 Å². The van der Waals surface area contributed by atoms with Crippen molar-refractivity contribution in [2.75, 3.05) is 45.7 Å². The molecule has 0 unspecified atom stereocenters. The van der Waals surface area contributed by atoms with E-state index < -0.39 is 0 Å². The SMILES string of the molecule is COc1cc2c(cc1NC(=O)[C@H](C)N1CCN(C)CC1)oc1ccccc12. The molecule has 6 nitrogen and oxygen atoms in total. The van der Waals surface area contributed by atoms with Gasteiger partial charge in [0.15, 0.2) is 0 Å². The van der Waals surface area contributed by atoms with Crippen LogP contribution < -0.4 is 10.1 Å². The highest BCUT2D eigenvalue weighted by Crippen LogP contribution is 2.36. The van der Waals surface area contributed by atoms with Crippen molar-refractivity contribution in [2.24, 2.45) is 0 Å². The molecule has 1 amide bonds. The average Bonchev–Trinajstić information content (AvgIpc) is 3.04. The van der Waals surface area contributed by atoms with Crippen LogP contribution in [-0.4, -0.2) is 62.1 Å². The molecular formula is C21H25N3O3. The number of ether oxygens (including phenoxy) is 1. The summed E-state index contributed by atoms with van der Waals surface area (Å²) in [6, 6.07) is 11.5. The highest BCUT2D eigenvalue weighted by Gasteiger charge is 2.25. The van der Waals surface area contributed by atoms with Crippen molar-refractivity contribution < 1.29 is 13.9 Å². The van der Waals surface area contributed by atoms with Crippen molar-refractivity contribution in [1.29, 1.82) is 0 Å². The molecule has 2 aromatic carbocycles. The molecule has 4 rings (SSSR count). The van der Waals surface area contributed by atoms with E-state index in [0.717, 1.165) is 48.1 Å². The van der Waals surface area contributed by atoms with E-state index in [1.807, 2.05) is 43.3 Å². The molecule has 2 heterocycles. The van der Waals surface area contributed by atoms with Gasteiger partial charge in [-0.2, -0.15) is 0 Å². The maximum Gasteiger partial charge on any atom is 0.241 e. The molecule has 1 saturated heterocycles. The van der Waals surface area contributed by atoms with E-state index in [2.05, 4.69) is 22.2 Å². The zero-order valence-corrected chi connectivity index (χ0v) is 16.0. The third kappa shape index (κ3) is 3.38. The van der Waals surface area contributed by atoms with E-state index >= 15 is 0 Å². The molecule has 1 aliphatic rings. The van der Waals surface area contributed by atoms with Gasteiger partial charge >= 0.3 is 0 Å². The number of nitrogens with zero attached hydrogens (tertiary/aromatic N) is 2. The van der Waals surface area contributed by atoms with Crippen LogP contribution in [0.5, 0.6) is 5.75 Å². The van der Waals surface area contributed by atoms with Crippen molar-refractivity contribution in [1.82, 2.24) is 9.80 Å². The smallest absolute Gasteiger partial charge is 0.241 e. The fourth-order valence-corrected chi connectivity index (χ4v) is 3.63. The van der Waals surface area contributed by atoms with Gasteiger partial charge < -0.3 is 19.4 Å². The van der Waals surface area contributed by atoms with Crippen molar-refractivity contribution in [3.8, 4) is 5.75 Å². The minimum atomic E-state index is -0.199. The molecule has 0 spiro atoms. The number of methoxy groups -OCH3 is 1. The predicted octanol–water partition coefficient (Wildman–Crippen LogP) is 3.17. The molecule has 1 aliphatic heterocycles. The Hall–Kier alpha value is -2.57. The average molecular weight is 367 g/mol. The van der Waals surface area contributed by atoms with Gasteiger partial charge in [0.25, 0.3) is 0 Å². The number of carbonyl (C=O) groups is 1. The minimum absolute atomic E-state index is 0.0340. The fourth-order valence-electron chi connectivity index (χ4n) is 3.63. The van der Waals surface area contributed by atoms with Gasteiger partial charge in [-0.25, -0.2) is 0 Å². The first kappa shape index (κ1) is 17.8. The zero-order valence-electron chi connectivity index (χ0n) is 16.0. The summed E-state index contributed by atoms with van der Waals surface area (Å²) in [6.07, 6.45) is 0. The first-order valence-electron chi connectivity index (χ1n) is 9.29. The number of rotatable bonds is 4. The molecule has 1 N–H and O–H groups in total. The molecule has 0 bridgehead atoms. The number of furan rings is 1. The molecule has 3 aromatic rings. The van der Waals surface area contributed by atoms with Crippen molar-refractivity contribution in [2.45, 2.75) is 13.0 Å². The Morgan fingerprint density at radius 1 is 1.11 bits per heavy atom. The van der Waals surface area contributed by atoms with Crippen molar-refractivity contribution in [3.63, 3.8) is 0 Å². The van der Waals surface area contributed by atoms with E-state index in [1.54, 1.807) is 7.11 Å². The highest BCUT2D eigenvalue weighted by molar-refractivity contribution is 6.08. The zero-order chi connectivity index (χ0) is 19.0. The van der Waals surface area contributed by atoms with Crippen LogP contribution in [0, 0.1) is 0 Å². The van der Waals surface area contributed by atoms with E-state index in [4.69, 9.17) is 9.15 Å². The summed E-state index contributed by atoms with van der Waals surface area (Å²) in [6.45, 7) is 5.69. The summed E-state index contributed by atoms with van der Waals surface area (Å²) in [7, 11) is 3.72. The monoisotopic (exact) mass is 367 g/mol. The summed E-state index contributed by atoms with van der Waals surface area (Å²) in [4.78, 5) is 17.3. The molecular weight excluding hydrogens is 342 g/mol. The number of fused-ring (bicyclic) bond motifs is 3. The Morgan fingerprint density at radius 2 is 1.85 bits per heavy atom. The molecule has 6 heteroatoms. The number of likely N-dealkylation sites (N-methyl/N-ethyl adjacent to an activating group) is 1. The summed E-state index contributed by atoms with van der Waals surface area (Å²) >= 11 is 0. The summed E-state index contributed by atoms with van der Waals surface area (Å²) in [5, 5.41) is 5.04. The number of carbonyl (C=O) groups excluding carboxylic acids is 1. The minimum Gasteiger partial charge on any atom is -0.495 e. The van der Waals surface area contributed by atoms with Crippen LogP contribution in [0.15, 0.2) is 40.8 Å². The maximum absolute atomic E-state index is 12.8. The van der Waals surface area contributed by atoms with Gasteiger partial charge in [-0.1, -0.05) is 18.2 Å². The second-order valence-corrected chi connectivity index (χ2v) is 7.15. The lowest BCUT2D eigenvalue weighted by Gasteiger charge is -2.35. The Balaban J connectivity index is 1.60. The summed E-state index contributed by atoms with van der Waals surface area (Å²) in [5.41, 5.74) is 2.19. The first-order valence-corrected chi connectivity index (χ1v) is 9.29. The lowest BCUT2D eigenvalue weighted by Crippen LogP contribution is -2.51. The van der Waals surface area contributed by atoms with Crippen LogP contribution in [0.3, 0.4) is 0 Å². The van der Waals surface area contributed by atoms with Gasteiger partial charge in [0.1, 0.15) is 16.9 Å². The number of para-hydroxylation sites is 1. The largest absolute Gasteiger partial charge is 0.495 e. The number of amides is 1. The molecule has 0 radical (unpaired) electrons. The second-order valence-electron chi connectivity index (χ2n) is 7.15. The highest BCUT2D eigenvalue weighted by atomic mass is 16.5. The van der Waals surface area contributed by atoms with E-state index in [0.29, 0.717) is 11.4 Å². The normalized spacial score (nSPS) is 17.3. The molecule has 1 fully saturated rings. The number of nitrogens with one attached hydrogen (secondary N) is 1. The number of anilines is 1. The van der Waals surface area contributed by atoms with Gasteiger partial charge in [-0.15, -0.1) is 0 Å². The fraction of sp³-hybridized carbons (Fsp3) is 0.381. The van der Waals surface area contributed by atoms with Crippen molar-refractivity contribution in [3.05, 3.63) is 36.4 Å². The van der Waals surface area contributed by atoms with Crippen molar-refractivity contribution >= 4 is 33.5 Å². The Kier molecular flexibility index (Phi) is 4.76. The van der Waals surface area contributed by atoms with Gasteiger partial charge in [0, 0.05) is 43.0 Å². The van der Waals surface area contributed by atoms with Gasteiger partial charge in [-0.05, 0) is 26.1 Å². The van der Waals surface area contributed by atoms with Crippen LogP contribution >= 0.6 is 0 Å². The maximum atomic E-state index is 12.8. The van der Waals surface area contributed by atoms with Crippen LogP contribution in [0.1, 0.15) is 6.92 Å². The van der Waals surface area contributed by atoms with Crippen LogP contribution in [-0.2, 0) is 4.79 Å². The number of benzene rings is 2. The van der Waals surface area contributed by atoms with Gasteiger partial charge in [0.05, 0.1) is 18.8 Å². The number of hydrogen-bond acceptors (Lipinski definition) is 5. The molecule has 142 valence electrons. The van der Waals surface area contributed by atoms with Crippen LogP contribution in [0.2, 0.25) is 0 Å².